The van der Waals surface area contributed by atoms with Gasteiger partial charge in [0.05, 0.1) is 0 Å². The van der Waals surface area contributed by atoms with Crippen molar-refractivity contribution in [2.24, 2.45) is 11.8 Å². The fraction of sp³-hybridized carbons (Fsp3) is 0.650. The number of hydrogen-bond acceptors (Lipinski definition) is 2. The van der Waals surface area contributed by atoms with Gasteiger partial charge in [-0.1, -0.05) is 6.07 Å². The van der Waals surface area contributed by atoms with Crippen LogP contribution in [0.25, 0.3) is 0 Å². The van der Waals surface area contributed by atoms with Crippen LogP contribution >= 0.6 is 0 Å². The number of carbonyl (C=O) groups excluding carboxylic acids is 1. The van der Waals surface area contributed by atoms with E-state index in [1.54, 1.807) is 12.1 Å². The normalized spacial score (nSPS) is 28.8. The first-order chi connectivity index (χ1) is 11.4. The molecule has 3 nitrogen and oxygen atoms in total. The maximum absolute atomic E-state index is 13.7. The molecular weight excluding hydrogens is 303 g/mol. The second kappa shape index (κ2) is 5.75. The Kier molecular flexibility index (Phi) is 3.81. The van der Waals surface area contributed by atoms with Crippen LogP contribution in [0.5, 0.6) is 0 Å². The van der Waals surface area contributed by atoms with Gasteiger partial charge in [-0.25, -0.2) is 4.39 Å². The van der Waals surface area contributed by atoms with Crippen LogP contribution in [0.2, 0.25) is 0 Å². The summed E-state index contributed by atoms with van der Waals surface area (Å²) in [5, 5.41) is 0. The second-order valence-corrected chi connectivity index (χ2v) is 8.47. The predicted molar refractivity (Wildman–Crippen MR) is 93.4 cm³/mol. The third-order valence-corrected chi connectivity index (χ3v) is 6.04. The third kappa shape index (κ3) is 2.91. The van der Waals surface area contributed by atoms with Crippen molar-refractivity contribution in [3.8, 4) is 0 Å². The Morgan fingerprint density at radius 1 is 1.29 bits per heavy atom. The molecule has 24 heavy (non-hydrogen) atoms. The number of hydrogen-bond donors (Lipinski definition) is 0. The molecule has 0 N–H and O–H groups in total. The van der Waals surface area contributed by atoms with E-state index < -0.39 is 0 Å². The number of fused-ring (bicyclic) bond motifs is 1. The summed E-state index contributed by atoms with van der Waals surface area (Å²) in [5.41, 5.74) is 0.976. The zero-order chi connectivity index (χ0) is 16.9. The molecule has 1 amide bonds. The highest BCUT2D eigenvalue weighted by molar-refractivity contribution is 5.77. The van der Waals surface area contributed by atoms with E-state index in [-0.39, 0.29) is 11.4 Å². The Morgan fingerprint density at radius 3 is 2.79 bits per heavy atom. The van der Waals surface area contributed by atoms with Crippen molar-refractivity contribution in [2.75, 3.05) is 18.0 Å². The molecule has 1 aromatic rings. The largest absolute Gasteiger partial charge is 0.363 e. The molecule has 1 aromatic carbocycles. The molecule has 2 heterocycles. The molecule has 0 bridgehead atoms. The van der Waals surface area contributed by atoms with Gasteiger partial charge in [-0.05, 0) is 69.6 Å². The maximum atomic E-state index is 13.7. The SMILES string of the molecule is CC1(C)C[C@@H]2CN(C(=O)CC3CC3)CC[C@@H]2N1c1cccc(F)c1. The van der Waals surface area contributed by atoms with E-state index in [1.165, 1.54) is 18.9 Å². The highest BCUT2D eigenvalue weighted by Crippen LogP contribution is 2.45. The molecular formula is C20H27FN2O. The monoisotopic (exact) mass is 330 g/mol. The number of anilines is 1. The molecule has 3 aliphatic rings. The van der Waals surface area contributed by atoms with Crippen molar-refractivity contribution in [1.82, 2.24) is 4.90 Å². The summed E-state index contributed by atoms with van der Waals surface area (Å²) >= 11 is 0. The molecule has 2 saturated heterocycles. The van der Waals surface area contributed by atoms with E-state index in [0.717, 1.165) is 38.0 Å². The van der Waals surface area contributed by atoms with Crippen LogP contribution in [0.4, 0.5) is 10.1 Å². The highest BCUT2D eigenvalue weighted by atomic mass is 19.1. The molecule has 1 aliphatic carbocycles. The minimum absolute atomic E-state index is 0.00131. The van der Waals surface area contributed by atoms with E-state index in [1.807, 2.05) is 6.07 Å². The van der Waals surface area contributed by atoms with Crippen LogP contribution in [0.1, 0.15) is 46.0 Å². The second-order valence-electron chi connectivity index (χ2n) is 8.47. The molecule has 2 aliphatic heterocycles. The average Bonchev–Trinajstić information content (AvgIpc) is 3.27. The van der Waals surface area contributed by atoms with Gasteiger partial charge in [0.15, 0.2) is 0 Å². The van der Waals surface area contributed by atoms with Crippen molar-refractivity contribution in [2.45, 2.75) is 57.5 Å². The van der Waals surface area contributed by atoms with Gasteiger partial charge in [-0.15, -0.1) is 0 Å². The van der Waals surface area contributed by atoms with Gasteiger partial charge in [0.1, 0.15) is 5.82 Å². The van der Waals surface area contributed by atoms with E-state index in [2.05, 4.69) is 23.6 Å². The van der Waals surface area contributed by atoms with Gasteiger partial charge in [0, 0.05) is 36.8 Å². The van der Waals surface area contributed by atoms with Crippen LogP contribution in [-0.4, -0.2) is 35.5 Å². The third-order valence-electron chi connectivity index (χ3n) is 6.04. The lowest BCUT2D eigenvalue weighted by atomic mass is 9.89. The van der Waals surface area contributed by atoms with Crippen LogP contribution in [0.15, 0.2) is 24.3 Å². The molecule has 4 rings (SSSR count). The van der Waals surface area contributed by atoms with Crippen LogP contribution in [0.3, 0.4) is 0 Å². The number of likely N-dealkylation sites (tertiary alicyclic amines) is 1. The Morgan fingerprint density at radius 2 is 2.08 bits per heavy atom. The summed E-state index contributed by atoms with van der Waals surface area (Å²) < 4.78 is 13.7. The fourth-order valence-electron chi connectivity index (χ4n) is 4.84. The van der Waals surface area contributed by atoms with Crippen LogP contribution in [-0.2, 0) is 4.79 Å². The molecule has 2 atom stereocenters. The molecule has 0 unspecified atom stereocenters. The van der Waals surface area contributed by atoms with Gasteiger partial charge < -0.3 is 9.80 Å². The first kappa shape index (κ1) is 15.9. The van der Waals surface area contributed by atoms with Crippen molar-refractivity contribution in [3.05, 3.63) is 30.1 Å². The van der Waals surface area contributed by atoms with Crippen molar-refractivity contribution >= 4 is 11.6 Å². The van der Waals surface area contributed by atoms with Crippen LogP contribution < -0.4 is 4.90 Å². The first-order valence-electron chi connectivity index (χ1n) is 9.27. The standard InChI is InChI=1S/C20H27FN2O/c1-20(2)12-15-13-22(19(24)10-14-6-7-14)9-8-18(15)23(20)17-5-3-4-16(21)11-17/h3-5,11,14-15,18H,6-10,12-13H2,1-2H3/t15-,18+/m1/s1. The fourth-order valence-corrected chi connectivity index (χ4v) is 4.84. The van der Waals surface area contributed by atoms with Crippen molar-refractivity contribution < 1.29 is 9.18 Å². The number of halogens is 1. The number of nitrogens with zero attached hydrogens (tertiary/aromatic N) is 2. The van der Waals surface area contributed by atoms with E-state index in [9.17, 15) is 9.18 Å². The summed E-state index contributed by atoms with van der Waals surface area (Å²) in [6, 6.07) is 7.37. The number of amides is 1. The van der Waals surface area contributed by atoms with Crippen LogP contribution in [0, 0.1) is 17.7 Å². The number of rotatable bonds is 3. The zero-order valence-corrected chi connectivity index (χ0v) is 14.7. The van der Waals surface area contributed by atoms with Gasteiger partial charge in [-0.3, -0.25) is 4.79 Å². The van der Waals surface area contributed by atoms with Crippen molar-refractivity contribution in [3.63, 3.8) is 0 Å². The van der Waals surface area contributed by atoms with E-state index in [0.29, 0.717) is 23.8 Å². The number of carbonyl (C=O) groups is 1. The molecule has 1 saturated carbocycles. The van der Waals surface area contributed by atoms with Crippen molar-refractivity contribution in [1.29, 1.82) is 0 Å². The Labute approximate surface area is 143 Å². The van der Waals surface area contributed by atoms with Gasteiger partial charge in [0.2, 0.25) is 5.91 Å². The first-order valence-corrected chi connectivity index (χ1v) is 9.27. The minimum Gasteiger partial charge on any atom is -0.363 e. The van der Waals surface area contributed by atoms with E-state index in [4.69, 9.17) is 0 Å². The summed E-state index contributed by atoms with van der Waals surface area (Å²) in [4.78, 5) is 17.0. The zero-order valence-electron chi connectivity index (χ0n) is 14.7. The lowest BCUT2D eigenvalue weighted by molar-refractivity contribution is -0.133. The lowest BCUT2D eigenvalue weighted by Gasteiger charge is -2.42. The Bertz CT molecular complexity index is 640. The van der Waals surface area contributed by atoms with Gasteiger partial charge in [0.25, 0.3) is 0 Å². The summed E-state index contributed by atoms with van der Waals surface area (Å²) in [7, 11) is 0. The molecule has 3 fully saturated rings. The predicted octanol–water partition coefficient (Wildman–Crippen LogP) is 3.83. The molecule has 0 aromatic heterocycles. The average molecular weight is 330 g/mol. The Hall–Kier alpha value is -1.58. The van der Waals surface area contributed by atoms with Gasteiger partial charge >= 0.3 is 0 Å². The summed E-state index contributed by atoms with van der Waals surface area (Å²) in [5.74, 6) is 1.31. The smallest absolute Gasteiger partial charge is 0.222 e. The lowest BCUT2D eigenvalue weighted by Crippen LogP contribution is -2.50. The molecule has 0 radical (unpaired) electrons. The number of piperidine rings is 1. The quantitative estimate of drug-likeness (QED) is 0.841. The maximum Gasteiger partial charge on any atom is 0.222 e. The summed E-state index contributed by atoms with van der Waals surface area (Å²) in [6.07, 6.45) is 5.24. The molecule has 130 valence electrons. The summed E-state index contributed by atoms with van der Waals surface area (Å²) in [6.45, 7) is 6.19. The van der Waals surface area contributed by atoms with Gasteiger partial charge in [-0.2, -0.15) is 0 Å². The highest BCUT2D eigenvalue weighted by Gasteiger charge is 2.48. The molecule has 0 spiro atoms. The molecule has 4 heteroatoms. The topological polar surface area (TPSA) is 23.6 Å². The van der Waals surface area contributed by atoms with E-state index >= 15 is 0 Å². The minimum atomic E-state index is -0.177. The number of benzene rings is 1. The Balaban J connectivity index is 1.52.